The first-order valence-electron chi connectivity index (χ1n) is 4.81. The molecule has 1 aromatic rings. The molecule has 5 nitrogen and oxygen atoms in total. The van der Waals surface area contributed by atoms with Gasteiger partial charge in [-0.2, -0.15) is 0 Å². The molecule has 1 fully saturated rings. The Balaban J connectivity index is 2.05. The topological polar surface area (TPSA) is 71.5 Å². The van der Waals surface area contributed by atoms with Crippen LogP contribution in [0.5, 0.6) is 5.88 Å². The van der Waals surface area contributed by atoms with Gasteiger partial charge in [-0.25, -0.2) is 4.98 Å². The summed E-state index contributed by atoms with van der Waals surface area (Å²) >= 11 is 1.57. The molecule has 0 aromatic carbocycles. The SMILES string of the molecule is COc1ccc(C2N[C@H](C(=O)O)CS2)cn1. The number of rotatable bonds is 3. The van der Waals surface area contributed by atoms with Crippen LogP contribution in [0.1, 0.15) is 10.9 Å². The van der Waals surface area contributed by atoms with E-state index in [-0.39, 0.29) is 5.37 Å². The molecule has 1 saturated heterocycles. The van der Waals surface area contributed by atoms with Gasteiger partial charge in [-0.15, -0.1) is 11.8 Å². The number of nitrogens with one attached hydrogen (secondary N) is 1. The zero-order chi connectivity index (χ0) is 11.5. The number of carbonyl (C=O) groups is 1. The number of carboxylic acid groups (broad SMARTS) is 1. The van der Waals surface area contributed by atoms with Crippen LogP contribution in [-0.4, -0.2) is 35.0 Å². The molecule has 16 heavy (non-hydrogen) atoms. The molecular formula is C10H12N2O3S. The van der Waals surface area contributed by atoms with Gasteiger partial charge in [0.25, 0.3) is 0 Å². The molecule has 0 bridgehead atoms. The highest BCUT2D eigenvalue weighted by Gasteiger charge is 2.30. The Morgan fingerprint density at radius 3 is 3.00 bits per heavy atom. The average Bonchev–Trinajstić information content (AvgIpc) is 2.78. The maximum absolute atomic E-state index is 10.8. The molecule has 86 valence electrons. The van der Waals surface area contributed by atoms with Gasteiger partial charge in [0.05, 0.1) is 12.5 Å². The molecule has 0 aliphatic carbocycles. The number of carboxylic acids is 1. The Morgan fingerprint density at radius 2 is 2.50 bits per heavy atom. The van der Waals surface area contributed by atoms with Crippen LogP contribution in [0.25, 0.3) is 0 Å². The minimum atomic E-state index is -0.809. The maximum atomic E-state index is 10.8. The number of aliphatic carboxylic acids is 1. The lowest BCUT2D eigenvalue weighted by Crippen LogP contribution is -2.33. The van der Waals surface area contributed by atoms with Crippen molar-refractivity contribution >= 4 is 17.7 Å². The predicted molar refractivity (Wildman–Crippen MR) is 60.5 cm³/mol. The summed E-state index contributed by atoms with van der Waals surface area (Å²) in [5.41, 5.74) is 0.967. The first kappa shape index (κ1) is 11.2. The zero-order valence-corrected chi connectivity index (χ0v) is 9.53. The molecular weight excluding hydrogens is 228 g/mol. The highest BCUT2D eigenvalue weighted by molar-refractivity contribution is 7.99. The van der Waals surface area contributed by atoms with E-state index in [2.05, 4.69) is 10.3 Å². The summed E-state index contributed by atoms with van der Waals surface area (Å²) in [5.74, 6) is 0.324. The number of thioether (sulfide) groups is 1. The number of hydrogen-bond donors (Lipinski definition) is 2. The van der Waals surface area contributed by atoms with Crippen LogP contribution in [-0.2, 0) is 4.79 Å². The van der Waals surface area contributed by atoms with Crippen LogP contribution in [0.4, 0.5) is 0 Å². The third-order valence-corrected chi connectivity index (χ3v) is 3.62. The summed E-state index contributed by atoms with van der Waals surface area (Å²) in [6.45, 7) is 0. The predicted octanol–water partition coefficient (Wildman–Crippen LogP) is 0.878. The van der Waals surface area contributed by atoms with Crippen LogP contribution >= 0.6 is 11.8 Å². The van der Waals surface area contributed by atoms with Crippen LogP contribution < -0.4 is 10.1 Å². The molecule has 6 heteroatoms. The number of pyridine rings is 1. The molecule has 1 aliphatic rings. The van der Waals surface area contributed by atoms with E-state index in [0.29, 0.717) is 11.6 Å². The Labute approximate surface area is 97.2 Å². The van der Waals surface area contributed by atoms with Crippen molar-refractivity contribution in [3.63, 3.8) is 0 Å². The summed E-state index contributed by atoms with van der Waals surface area (Å²) in [5, 5.41) is 11.9. The van der Waals surface area contributed by atoms with Gasteiger partial charge < -0.3 is 9.84 Å². The van der Waals surface area contributed by atoms with Crippen molar-refractivity contribution in [3.05, 3.63) is 23.9 Å². The zero-order valence-electron chi connectivity index (χ0n) is 8.71. The second kappa shape index (κ2) is 4.71. The van der Waals surface area contributed by atoms with E-state index in [9.17, 15) is 4.79 Å². The number of aromatic nitrogens is 1. The van der Waals surface area contributed by atoms with Crippen LogP contribution in [0, 0.1) is 0 Å². The molecule has 2 atom stereocenters. The molecule has 2 heterocycles. The molecule has 0 amide bonds. The third kappa shape index (κ3) is 2.28. The lowest BCUT2D eigenvalue weighted by Gasteiger charge is -2.10. The lowest BCUT2D eigenvalue weighted by atomic mass is 10.2. The molecule has 0 spiro atoms. The number of ether oxygens (including phenoxy) is 1. The maximum Gasteiger partial charge on any atom is 0.321 e. The Bertz CT molecular complexity index is 382. The smallest absolute Gasteiger partial charge is 0.321 e. The quantitative estimate of drug-likeness (QED) is 0.817. The highest BCUT2D eigenvalue weighted by Crippen LogP contribution is 2.32. The molecule has 1 aliphatic heterocycles. The summed E-state index contributed by atoms with van der Waals surface area (Å²) < 4.78 is 4.96. The first-order chi connectivity index (χ1) is 7.70. The van der Waals surface area contributed by atoms with Crippen molar-refractivity contribution in [2.24, 2.45) is 0 Å². The second-order valence-electron chi connectivity index (χ2n) is 3.40. The van der Waals surface area contributed by atoms with E-state index in [4.69, 9.17) is 9.84 Å². The standard InChI is InChI=1S/C10H12N2O3S/c1-15-8-3-2-6(4-11-8)9-12-7(5-16-9)10(13)14/h2-4,7,9,12H,5H2,1H3,(H,13,14)/t7-,9?/m0/s1. The van der Waals surface area contributed by atoms with Gasteiger partial charge in [-0.05, 0) is 11.6 Å². The largest absolute Gasteiger partial charge is 0.481 e. The number of nitrogens with zero attached hydrogens (tertiary/aromatic N) is 1. The van der Waals surface area contributed by atoms with E-state index in [1.165, 1.54) is 0 Å². The van der Waals surface area contributed by atoms with Crippen LogP contribution in [0.15, 0.2) is 18.3 Å². The van der Waals surface area contributed by atoms with Crippen molar-refractivity contribution < 1.29 is 14.6 Å². The summed E-state index contributed by atoms with van der Waals surface area (Å²) in [7, 11) is 1.56. The van der Waals surface area contributed by atoms with Crippen LogP contribution in [0.3, 0.4) is 0 Å². The first-order valence-corrected chi connectivity index (χ1v) is 5.86. The van der Waals surface area contributed by atoms with Gasteiger partial charge in [0.2, 0.25) is 5.88 Å². The fraction of sp³-hybridized carbons (Fsp3) is 0.400. The van der Waals surface area contributed by atoms with Gasteiger partial charge in [0.15, 0.2) is 0 Å². The Hall–Kier alpha value is -1.27. The van der Waals surface area contributed by atoms with Crippen molar-refractivity contribution in [3.8, 4) is 5.88 Å². The van der Waals surface area contributed by atoms with E-state index in [0.717, 1.165) is 5.56 Å². The molecule has 1 aromatic heterocycles. The molecule has 2 rings (SSSR count). The fourth-order valence-corrected chi connectivity index (χ4v) is 2.69. The minimum Gasteiger partial charge on any atom is -0.481 e. The number of hydrogen-bond acceptors (Lipinski definition) is 5. The van der Waals surface area contributed by atoms with Gasteiger partial charge in [-0.1, -0.05) is 0 Å². The monoisotopic (exact) mass is 240 g/mol. The van der Waals surface area contributed by atoms with E-state index < -0.39 is 12.0 Å². The van der Waals surface area contributed by atoms with Gasteiger partial charge in [0.1, 0.15) is 6.04 Å². The molecule has 1 unspecified atom stereocenters. The third-order valence-electron chi connectivity index (χ3n) is 2.35. The Morgan fingerprint density at radius 1 is 1.69 bits per heavy atom. The van der Waals surface area contributed by atoms with E-state index in [1.807, 2.05) is 6.07 Å². The molecule has 0 saturated carbocycles. The summed E-state index contributed by atoms with van der Waals surface area (Å²) in [6.07, 6.45) is 1.70. The minimum absolute atomic E-state index is 0.000457. The Kier molecular flexibility index (Phi) is 3.31. The van der Waals surface area contributed by atoms with Gasteiger partial charge in [0, 0.05) is 18.0 Å². The average molecular weight is 240 g/mol. The second-order valence-corrected chi connectivity index (χ2v) is 4.54. The highest BCUT2D eigenvalue weighted by atomic mass is 32.2. The normalized spacial score (nSPS) is 24.3. The molecule has 0 radical (unpaired) electrons. The van der Waals surface area contributed by atoms with Crippen LogP contribution in [0.2, 0.25) is 0 Å². The van der Waals surface area contributed by atoms with Gasteiger partial charge >= 0.3 is 5.97 Å². The van der Waals surface area contributed by atoms with Crippen molar-refractivity contribution in [1.29, 1.82) is 0 Å². The van der Waals surface area contributed by atoms with Crippen molar-refractivity contribution in [1.82, 2.24) is 10.3 Å². The summed E-state index contributed by atoms with van der Waals surface area (Å²) in [4.78, 5) is 14.9. The van der Waals surface area contributed by atoms with Crippen molar-refractivity contribution in [2.75, 3.05) is 12.9 Å². The lowest BCUT2D eigenvalue weighted by molar-refractivity contribution is -0.138. The number of methoxy groups -OCH3 is 1. The summed E-state index contributed by atoms with van der Waals surface area (Å²) in [6, 6.07) is 3.18. The van der Waals surface area contributed by atoms with E-state index in [1.54, 1.807) is 31.1 Å². The fourth-order valence-electron chi connectivity index (χ4n) is 1.47. The molecule has 2 N–H and O–H groups in total. The van der Waals surface area contributed by atoms with Gasteiger partial charge in [-0.3, -0.25) is 10.1 Å². The van der Waals surface area contributed by atoms with E-state index >= 15 is 0 Å². The van der Waals surface area contributed by atoms with Crippen molar-refractivity contribution in [2.45, 2.75) is 11.4 Å².